The third kappa shape index (κ3) is 4.62. The number of carbonyl (C=O) groups is 2. The molecule has 8 heteroatoms. The Labute approximate surface area is 199 Å². The number of aryl methyl sites for hydroxylation is 3. The van der Waals surface area contributed by atoms with Crippen LogP contribution in [0, 0.1) is 26.7 Å². The Kier molecular flexibility index (Phi) is 6.86. The van der Waals surface area contributed by atoms with Crippen molar-refractivity contribution in [1.29, 1.82) is 0 Å². The number of benzene rings is 1. The van der Waals surface area contributed by atoms with Crippen LogP contribution in [0.1, 0.15) is 42.3 Å². The molecule has 0 bridgehead atoms. The number of aromatic nitrogens is 3. The molecule has 0 saturated carbocycles. The van der Waals surface area contributed by atoms with Gasteiger partial charge in [-0.05, 0) is 46.1 Å². The van der Waals surface area contributed by atoms with Crippen LogP contribution in [0.4, 0.5) is 0 Å². The van der Waals surface area contributed by atoms with E-state index >= 15 is 0 Å². The van der Waals surface area contributed by atoms with Crippen molar-refractivity contribution in [2.45, 2.75) is 53.6 Å². The molecule has 1 fully saturated rings. The maximum Gasteiger partial charge on any atom is 0.310 e. The minimum absolute atomic E-state index is 0.147. The zero-order valence-corrected chi connectivity index (χ0v) is 20.3. The summed E-state index contributed by atoms with van der Waals surface area (Å²) in [4.78, 5) is 40.1. The molecule has 1 aromatic carbocycles. The molecule has 34 heavy (non-hydrogen) atoms. The molecule has 180 valence electrons. The first-order valence-corrected chi connectivity index (χ1v) is 11.9. The summed E-state index contributed by atoms with van der Waals surface area (Å²) in [5.74, 6) is -0.792. The number of hydrogen-bond donors (Lipinski definition) is 0. The summed E-state index contributed by atoms with van der Waals surface area (Å²) in [5.41, 5.74) is 3.93. The summed E-state index contributed by atoms with van der Waals surface area (Å²) < 4.78 is 8.48. The molecule has 3 heterocycles. The van der Waals surface area contributed by atoms with E-state index in [-0.39, 0.29) is 29.9 Å². The van der Waals surface area contributed by atoms with E-state index in [1.165, 1.54) is 10.2 Å². The van der Waals surface area contributed by atoms with E-state index in [4.69, 9.17) is 4.74 Å². The molecule has 1 saturated heterocycles. The van der Waals surface area contributed by atoms with Crippen molar-refractivity contribution < 1.29 is 14.3 Å². The van der Waals surface area contributed by atoms with E-state index in [9.17, 15) is 14.4 Å². The molecule has 1 amide bonds. The number of likely N-dealkylation sites (tertiary alicyclic amines) is 1. The highest BCUT2D eigenvalue weighted by atomic mass is 16.5. The van der Waals surface area contributed by atoms with E-state index in [1.807, 2.05) is 13.8 Å². The monoisotopic (exact) mass is 464 g/mol. The van der Waals surface area contributed by atoms with Crippen molar-refractivity contribution in [1.82, 2.24) is 19.2 Å². The SMILES string of the molecule is CCOC(=O)C1CCCN(C(=O)Cn2ncc3c(C)n(Cc4ccc(C)cc4)c(C)c3c2=O)C1. The lowest BCUT2D eigenvalue weighted by molar-refractivity contribution is -0.151. The number of fused-ring (bicyclic) bond motifs is 1. The smallest absolute Gasteiger partial charge is 0.310 e. The van der Waals surface area contributed by atoms with Gasteiger partial charge >= 0.3 is 5.97 Å². The van der Waals surface area contributed by atoms with Gasteiger partial charge in [0.25, 0.3) is 5.56 Å². The van der Waals surface area contributed by atoms with Crippen LogP contribution in [0.2, 0.25) is 0 Å². The molecule has 1 unspecified atom stereocenters. The van der Waals surface area contributed by atoms with E-state index < -0.39 is 0 Å². The van der Waals surface area contributed by atoms with Gasteiger partial charge in [0.15, 0.2) is 0 Å². The molecule has 4 rings (SSSR count). The largest absolute Gasteiger partial charge is 0.466 e. The van der Waals surface area contributed by atoms with Gasteiger partial charge in [-0.3, -0.25) is 14.4 Å². The second kappa shape index (κ2) is 9.83. The van der Waals surface area contributed by atoms with Crippen LogP contribution < -0.4 is 5.56 Å². The molecule has 3 aromatic rings. The van der Waals surface area contributed by atoms with Gasteiger partial charge in [0.05, 0.1) is 24.1 Å². The molecule has 0 aliphatic carbocycles. The molecule has 1 aliphatic heterocycles. The fraction of sp³-hybridized carbons (Fsp3) is 0.462. The van der Waals surface area contributed by atoms with Crippen molar-refractivity contribution in [3.05, 3.63) is 63.3 Å². The summed E-state index contributed by atoms with van der Waals surface area (Å²) in [6, 6.07) is 8.35. The average Bonchev–Trinajstić information content (AvgIpc) is 3.07. The molecule has 1 atom stereocenters. The topological polar surface area (TPSA) is 86.4 Å². The molecular weight excluding hydrogens is 432 g/mol. The van der Waals surface area contributed by atoms with Crippen LogP contribution in [0.5, 0.6) is 0 Å². The number of carbonyl (C=O) groups excluding carboxylic acids is 2. The fourth-order valence-electron chi connectivity index (χ4n) is 4.75. The highest BCUT2D eigenvalue weighted by molar-refractivity contribution is 5.87. The first-order valence-electron chi connectivity index (χ1n) is 11.9. The second-order valence-corrected chi connectivity index (χ2v) is 9.07. The standard InChI is InChI=1S/C26H32N4O4/c1-5-34-26(33)21-7-6-12-28(15-21)23(31)16-30-25(32)24-19(4)29(18(3)22(24)13-27-30)14-20-10-8-17(2)9-11-20/h8-11,13,21H,5-7,12,14-16H2,1-4H3. The number of piperidine rings is 1. The van der Waals surface area contributed by atoms with Crippen LogP contribution in [-0.4, -0.2) is 50.8 Å². The number of nitrogens with zero attached hydrogens (tertiary/aromatic N) is 4. The van der Waals surface area contributed by atoms with Crippen LogP contribution in [0.3, 0.4) is 0 Å². The van der Waals surface area contributed by atoms with E-state index in [0.717, 1.165) is 28.8 Å². The summed E-state index contributed by atoms with van der Waals surface area (Å²) in [5, 5.41) is 5.71. The lowest BCUT2D eigenvalue weighted by Gasteiger charge is -2.31. The summed E-state index contributed by atoms with van der Waals surface area (Å²) in [6.45, 7) is 9.48. The first kappa shape index (κ1) is 23.7. The number of rotatable bonds is 6. The number of ether oxygens (including phenoxy) is 1. The highest BCUT2D eigenvalue weighted by Crippen LogP contribution is 2.23. The number of amides is 1. The van der Waals surface area contributed by atoms with Crippen LogP contribution in [0.25, 0.3) is 10.8 Å². The highest BCUT2D eigenvalue weighted by Gasteiger charge is 2.29. The van der Waals surface area contributed by atoms with Gasteiger partial charge in [-0.15, -0.1) is 0 Å². The number of hydrogen-bond acceptors (Lipinski definition) is 5. The van der Waals surface area contributed by atoms with Gasteiger partial charge in [0.1, 0.15) is 6.54 Å². The minimum atomic E-state index is -0.314. The maximum atomic E-state index is 13.3. The fourth-order valence-corrected chi connectivity index (χ4v) is 4.75. The zero-order chi connectivity index (χ0) is 24.4. The van der Waals surface area contributed by atoms with Crippen molar-refractivity contribution >= 4 is 22.6 Å². The van der Waals surface area contributed by atoms with Crippen molar-refractivity contribution in [3.63, 3.8) is 0 Å². The molecule has 0 N–H and O–H groups in total. The Hall–Kier alpha value is -3.42. The number of esters is 1. The lowest BCUT2D eigenvalue weighted by atomic mass is 9.98. The first-order chi connectivity index (χ1) is 16.3. The predicted octanol–water partition coefficient (Wildman–Crippen LogP) is 2.97. The van der Waals surface area contributed by atoms with E-state index in [0.29, 0.717) is 38.0 Å². The third-order valence-corrected chi connectivity index (χ3v) is 6.75. The van der Waals surface area contributed by atoms with Gasteiger partial charge in [-0.2, -0.15) is 5.10 Å². The molecule has 8 nitrogen and oxygen atoms in total. The summed E-state index contributed by atoms with van der Waals surface area (Å²) >= 11 is 0. The Morgan fingerprint density at radius 2 is 1.85 bits per heavy atom. The molecular formula is C26H32N4O4. The molecule has 0 radical (unpaired) electrons. The van der Waals surface area contributed by atoms with Crippen molar-refractivity contribution in [2.24, 2.45) is 5.92 Å². The lowest BCUT2D eigenvalue weighted by Crippen LogP contribution is -2.45. The van der Waals surface area contributed by atoms with Crippen molar-refractivity contribution in [2.75, 3.05) is 19.7 Å². The Bertz CT molecular complexity index is 1270. The van der Waals surface area contributed by atoms with Gasteiger partial charge in [0.2, 0.25) is 5.91 Å². The van der Waals surface area contributed by atoms with Gasteiger partial charge < -0.3 is 14.2 Å². The average molecular weight is 465 g/mol. The Morgan fingerprint density at radius 3 is 2.56 bits per heavy atom. The molecule has 0 spiro atoms. The molecule has 2 aromatic heterocycles. The normalized spacial score (nSPS) is 16.1. The summed E-state index contributed by atoms with van der Waals surface area (Å²) in [7, 11) is 0. The quantitative estimate of drug-likeness (QED) is 0.524. The summed E-state index contributed by atoms with van der Waals surface area (Å²) in [6.07, 6.45) is 3.12. The van der Waals surface area contributed by atoms with E-state index in [2.05, 4.69) is 40.9 Å². The van der Waals surface area contributed by atoms with Crippen LogP contribution in [0.15, 0.2) is 35.3 Å². The predicted molar refractivity (Wildman–Crippen MR) is 130 cm³/mol. The van der Waals surface area contributed by atoms with Gasteiger partial charge in [-0.1, -0.05) is 29.8 Å². The van der Waals surface area contributed by atoms with Gasteiger partial charge in [0, 0.05) is 36.4 Å². The maximum absolute atomic E-state index is 13.3. The zero-order valence-electron chi connectivity index (χ0n) is 20.3. The second-order valence-electron chi connectivity index (χ2n) is 9.07. The minimum Gasteiger partial charge on any atom is -0.466 e. The van der Waals surface area contributed by atoms with Crippen LogP contribution >= 0.6 is 0 Å². The Morgan fingerprint density at radius 1 is 1.12 bits per heavy atom. The van der Waals surface area contributed by atoms with E-state index in [1.54, 1.807) is 18.0 Å². The van der Waals surface area contributed by atoms with Gasteiger partial charge in [-0.25, -0.2) is 4.68 Å². The Balaban J connectivity index is 1.57. The van der Waals surface area contributed by atoms with Crippen LogP contribution in [-0.2, 0) is 27.4 Å². The van der Waals surface area contributed by atoms with Crippen molar-refractivity contribution in [3.8, 4) is 0 Å². The third-order valence-electron chi connectivity index (χ3n) is 6.75. The molecule has 1 aliphatic rings.